The van der Waals surface area contributed by atoms with Crippen LogP contribution in [0.3, 0.4) is 0 Å². The molecule has 0 atom stereocenters. The molecule has 0 radical (unpaired) electrons. The predicted molar refractivity (Wildman–Crippen MR) is 84.0 cm³/mol. The van der Waals surface area contributed by atoms with E-state index < -0.39 is 0 Å². The molecule has 0 fully saturated rings. The van der Waals surface area contributed by atoms with Gasteiger partial charge in [0, 0.05) is 0 Å². The molecule has 0 aliphatic carbocycles. The van der Waals surface area contributed by atoms with E-state index in [2.05, 4.69) is 20.8 Å². The van der Waals surface area contributed by atoms with Gasteiger partial charge in [-0.3, -0.25) is 4.39 Å². The second-order valence-electron chi connectivity index (χ2n) is 4.51. The molecule has 118 valence electrons. The minimum atomic E-state index is -0.236. The van der Waals surface area contributed by atoms with Crippen LogP contribution in [0.25, 0.3) is 0 Å². The van der Waals surface area contributed by atoms with E-state index in [1.807, 2.05) is 26.8 Å². The lowest BCUT2D eigenvalue weighted by atomic mass is 10.0. The van der Waals surface area contributed by atoms with Gasteiger partial charge in [0.2, 0.25) is 0 Å². The molecular formula is C17H30F2O. The highest BCUT2D eigenvalue weighted by atomic mass is 19.1. The van der Waals surface area contributed by atoms with Crippen molar-refractivity contribution in [1.82, 2.24) is 0 Å². The number of rotatable bonds is 5. The van der Waals surface area contributed by atoms with Crippen molar-refractivity contribution in [1.29, 1.82) is 0 Å². The number of benzene rings is 1. The summed E-state index contributed by atoms with van der Waals surface area (Å²) in [6.07, 6.45) is 2.02. The van der Waals surface area contributed by atoms with Gasteiger partial charge in [0.15, 0.2) is 11.6 Å². The number of aryl methyl sites for hydroxylation is 1. The first-order chi connectivity index (χ1) is 9.56. The Balaban J connectivity index is 0. The number of hydrogen-bond acceptors (Lipinski definition) is 1. The van der Waals surface area contributed by atoms with Gasteiger partial charge in [-0.25, -0.2) is 4.39 Å². The maximum absolute atomic E-state index is 13.8. The summed E-state index contributed by atoms with van der Waals surface area (Å²) >= 11 is 0. The van der Waals surface area contributed by atoms with Gasteiger partial charge >= 0.3 is 0 Å². The highest BCUT2D eigenvalue weighted by Gasteiger charge is 2.11. The van der Waals surface area contributed by atoms with E-state index in [9.17, 15) is 8.78 Å². The predicted octanol–water partition coefficient (Wildman–Crippen LogP) is 6.05. The van der Waals surface area contributed by atoms with E-state index >= 15 is 0 Å². The fourth-order valence-corrected chi connectivity index (χ4v) is 1.59. The SMILES string of the molecule is CC.CCCCOc1c(C)cc(C(C)C)cc1F.CF. The van der Waals surface area contributed by atoms with Crippen molar-refractivity contribution in [3.8, 4) is 5.75 Å². The van der Waals surface area contributed by atoms with Gasteiger partial charge in [-0.05, 0) is 36.5 Å². The summed E-state index contributed by atoms with van der Waals surface area (Å²) in [5.41, 5.74) is 1.91. The number of ether oxygens (including phenoxy) is 1. The second kappa shape index (κ2) is 12.9. The van der Waals surface area contributed by atoms with Gasteiger partial charge in [-0.1, -0.05) is 47.1 Å². The third-order valence-electron chi connectivity index (χ3n) is 2.66. The summed E-state index contributed by atoms with van der Waals surface area (Å²) in [5.74, 6) is 0.524. The van der Waals surface area contributed by atoms with Crippen LogP contribution in [0.4, 0.5) is 8.78 Å². The van der Waals surface area contributed by atoms with E-state index in [-0.39, 0.29) is 5.82 Å². The van der Waals surface area contributed by atoms with Gasteiger partial charge in [0.05, 0.1) is 13.8 Å². The molecule has 0 spiro atoms. The molecule has 0 N–H and O–H groups in total. The zero-order chi connectivity index (χ0) is 16.1. The van der Waals surface area contributed by atoms with Gasteiger partial charge in [0.1, 0.15) is 0 Å². The molecule has 0 saturated carbocycles. The zero-order valence-corrected chi connectivity index (χ0v) is 14.0. The molecule has 0 aliphatic heterocycles. The summed E-state index contributed by atoms with van der Waals surface area (Å²) in [4.78, 5) is 0. The van der Waals surface area contributed by atoms with Crippen LogP contribution >= 0.6 is 0 Å². The first-order valence-electron chi connectivity index (χ1n) is 7.36. The summed E-state index contributed by atoms with van der Waals surface area (Å²) in [6.45, 7) is 12.7. The quantitative estimate of drug-likeness (QED) is 0.599. The Labute approximate surface area is 123 Å². The molecule has 0 unspecified atom stereocenters. The summed E-state index contributed by atoms with van der Waals surface area (Å²) in [5, 5.41) is 0. The normalized spacial score (nSPS) is 9.30. The Kier molecular flexibility index (Phi) is 13.7. The van der Waals surface area contributed by atoms with Gasteiger partial charge in [-0.15, -0.1) is 0 Å². The van der Waals surface area contributed by atoms with Crippen LogP contribution in [0.5, 0.6) is 5.75 Å². The lowest BCUT2D eigenvalue weighted by Crippen LogP contribution is -2.02. The number of alkyl halides is 1. The highest BCUT2D eigenvalue weighted by Crippen LogP contribution is 2.27. The van der Waals surface area contributed by atoms with Gasteiger partial charge in [-0.2, -0.15) is 0 Å². The van der Waals surface area contributed by atoms with Gasteiger partial charge in [0.25, 0.3) is 0 Å². The van der Waals surface area contributed by atoms with Crippen LogP contribution in [0.15, 0.2) is 12.1 Å². The van der Waals surface area contributed by atoms with Crippen molar-refractivity contribution in [2.45, 2.75) is 60.3 Å². The van der Waals surface area contributed by atoms with Crippen molar-refractivity contribution in [2.75, 3.05) is 13.8 Å². The molecule has 1 aromatic rings. The average molecular weight is 288 g/mol. The molecule has 1 nitrogen and oxygen atoms in total. The summed E-state index contributed by atoms with van der Waals surface area (Å²) in [6, 6.07) is 3.59. The fourth-order valence-electron chi connectivity index (χ4n) is 1.59. The van der Waals surface area contributed by atoms with Crippen molar-refractivity contribution >= 4 is 0 Å². The summed E-state index contributed by atoms with van der Waals surface area (Å²) in [7, 11) is 0.500. The Bertz CT molecular complexity index is 326. The molecule has 0 bridgehead atoms. The van der Waals surface area contributed by atoms with Crippen molar-refractivity contribution in [3.05, 3.63) is 29.1 Å². The van der Waals surface area contributed by atoms with Crippen LogP contribution in [-0.4, -0.2) is 13.8 Å². The highest BCUT2D eigenvalue weighted by molar-refractivity contribution is 5.38. The van der Waals surface area contributed by atoms with Crippen LogP contribution < -0.4 is 4.74 Å². The molecule has 0 aliphatic rings. The largest absolute Gasteiger partial charge is 0.490 e. The number of hydrogen-bond donors (Lipinski definition) is 0. The summed E-state index contributed by atoms with van der Waals surface area (Å²) < 4.78 is 28.7. The molecule has 1 aromatic carbocycles. The standard InChI is InChI=1S/C14H21FO.C2H6.CH3F/c1-5-6-7-16-14-11(4)8-12(10(2)3)9-13(14)15;2*1-2/h8-10H,5-7H2,1-4H3;1-2H3;1H3. The van der Waals surface area contributed by atoms with Crippen molar-refractivity contribution < 1.29 is 13.5 Å². The minimum absolute atomic E-state index is 0.236. The average Bonchev–Trinajstić information content (AvgIpc) is 2.46. The molecule has 0 saturated heterocycles. The third-order valence-corrected chi connectivity index (χ3v) is 2.66. The molecule has 20 heavy (non-hydrogen) atoms. The van der Waals surface area contributed by atoms with Crippen molar-refractivity contribution in [2.24, 2.45) is 0 Å². The molecule has 3 heteroatoms. The van der Waals surface area contributed by atoms with E-state index in [4.69, 9.17) is 4.74 Å². The minimum Gasteiger partial charge on any atom is -0.490 e. The molecule has 0 heterocycles. The molecule has 1 rings (SSSR count). The Morgan fingerprint density at radius 3 is 2.10 bits per heavy atom. The van der Waals surface area contributed by atoms with Gasteiger partial charge < -0.3 is 4.74 Å². The monoisotopic (exact) mass is 288 g/mol. The number of unbranched alkanes of at least 4 members (excludes halogenated alkanes) is 1. The first-order valence-corrected chi connectivity index (χ1v) is 7.36. The van der Waals surface area contributed by atoms with E-state index in [1.54, 1.807) is 6.07 Å². The molecular weight excluding hydrogens is 258 g/mol. The van der Waals surface area contributed by atoms with Crippen LogP contribution in [0, 0.1) is 12.7 Å². The fraction of sp³-hybridized carbons (Fsp3) is 0.647. The van der Waals surface area contributed by atoms with E-state index in [1.165, 1.54) is 0 Å². The third kappa shape index (κ3) is 7.46. The van der Waals surface area contributed by atoms with Crippen LogP contribution in [-0.2, 0) is 0 Å². The lowest BCUT2D eigenvalue weighted by molar-refractivity contribution is 0.292. The molecule has 0 amide bonds. The first kappa shape index (κ1) is 21.2. The number of halogens is 2. The maximum atomic E-state index is 13.8. The zero-order valence-electron chi connectivity index (χ0n) is 14.0. The maximum Gasteiger partial charge on any atom is 0.165 e. The molecule has 0 aromatic heterocycles. The van der Waals surface area contributed by atoms with Crippen molar-refractivity contribution in [3.63, 3.8) is 0 Å². The second-order valence-corrected chi connectivity index (χ2v) is 4.51. The Morgan fingerprint density at radius 2 is 1.70 bits per heavy atom. The lowest BCUT2D eigenvalue weighted by Gasteiger charge is -2.13. The smallest absolute Gasteiger partial charge is 0.165 e. The topological polar surface area (TPSA) is 9.23 Å². The Morgan fingerprint density at radius 1 is 1.15 bits per heavy atom. The Hall–Kier alpha value is -1.12. The van der Waals surface area contributed by atoms with Crippen LogP contribution in [0.1, 0.15) is 64.5 Å². The van der Waals surface area contributed by atoms with E-state index in [0.717, 1.165) is 24.0 Å². The van der Waals surface area contributed by atoms with E-state index in [0.29, 0.717) is 25.5 Å². The van der Waals surface area contributed by atoms with Crippen LogP contribution in [0.2, 0.25) is 0 Å².